The molecule has 17 heavy (non-hydrogen) atoms. The number of carbonyl (C=O) groups is 2. The topological polar surface area (TPSA) is 66.4 Å². The summed E-state index contributed by atoms with van der Waals surface area (Å²) in [6.45, 7) is 5.45. The van der Waals surface area contributed by atoms with Gasteiger partial charge in [-0.25, -0.2) is 4.79 Å². The van der Waals surface area contributed by atoms with Crippen LogP contribution in [0.2, 0.25) is 0 Å². The molecule has 0 spiro atoms. The average Bonchev–Trinajstić information content (AvgIpc) is 2.28. The lowest BCUT2D eigenvalue weighted by Crippen LogP contribution is -2.44. The minimum absolute atomic E-state index is 0.00396. The third-order valence-corrected chi connectivity index (χ3v) is 3.14. The van der Waals surface area contributed by atoms with Gasteiger partial charge in [-0.3, -0.25) is 4.79 Å². The second kappa shape index (κ2) is 6.42. The molecule has 1 rings (SSSR count). The first kappa shape index (κ1) is 13.7. The molecule has 1 atom stereocenters. The first-order valence-corrected chi connectivity index (χ1v) is 6.18. The molecule has 0 saturated heterocycles. The summed E-state index contributed by atoms with van der Waals surface area (Å²) in [5, 5.41) is 11.6. The van der Waals surface area contributed by atoms with Crippen molar-refractivity contribution in [3.63, 3.8) is 0 Å². The molecule has 2 N–H and O–H groups in total. The number of carboxylic acids is 1. The Morgan fingerprint density at radius 1 is 1.35 bits per heavy atom. The third kappa shape index (κ3) is 4.59. The molecule has 1 unspecified atom stereocenters. The standard InChI is InChI=1S/C13H21NO3/c1-9(2)8-11(13(16)17)14-12(15)10-6-4-3-5-7-10/h10-11H,1,3-8H2,2H3,(H,14,15)(H,16,17). The normalized spacial score (nSPS) is 18.4. The fourth-order valence-electron chi connectivity index (χ4n) is 2.20. The van der Waals surface area contributed by atoms with Gasteiger partial charge in [0.05, 0.1) is 0 Å². The van der Waals surface area contributed by atoms with Crippen molar-refractivity contribution in [3.8, 4) is 0 Å². The van der Waals surface area contributed by atoms with Crippen LogP contribution in [0.4, 0.5) is 0 Å². The van der Waals surface area contributed by atoms with Gasteiger partial charge in [0.25, 0.3) is 0 Å². The van der Waals surface area contributed by atoms with Crippen LogP contribution in [0.3, 0.4) is 0 Å². The number of rotatable bonds is 5. The lowest BCUT2D eigenvalue weighted by molar-refractivity contribution is -0.142. The molecule has 4 heteroatoms. The second-order valence-corrected chi connectivity index (χ2v) is 4.90. The summed E-state index contributed by atoms with van der Waals surface area (Å²) in [4.78, 5) is 22.9. The monoisotopic (exact) mass is 239 g/mol. The van der Waals surface area contributed by atoms with E-state index in [0.29, 0.717) is 6.42 Å². The molecule has 1 fully saturated rings. The van der Waals surface area contributed by atoms with Gasteiger partial charge >= 0.3 is 5.97 Å². The maximum Gasteiger partial charge on any atom is 0.326 e. The zero-order chi connectivity index (χ0) is 12.8. The summed E-state index contributed by atoms with van der Waals surface area (Å²) < 4.78 is 0. The van der Waals surface area contributed by atoms with E-state index in [1.165, 1.54) is 6.42 Å². The predicted octanol–water partition coefficient (Wildman–Crippen LogP) is 2.10. The van der Waals surface area contributed by atoms with Gasteiger partial charge in [-0.2, -0.15) is 0 Å². The first-order valence-electron chi connectivity index (χ1n) is 6.18. The summed E-state index contributed by atoms with van der Waals surface area (Å²) in [6.07, 6.45) is 5.37. The highest BCUT2D eigenvalue weighted by Gasteiger charge is 2.26. The molecule has 0 bridgehead atoms. The van der Waals surface area contributed by atoms with Gasteiger partial charge in [0.2, 0.25) is 5.91 Å². The zero-order valence-electron chi connectivity index (χ0n) is 10.4. The number of nitrogens with one attached hydrogen (secondary N) is 1. The van der Waals surface area contributed by atoms with E-state index < -0.39 is 12.0 Å². The van der Waals surface area contributed by atoms with Crippen LogP contribution in [0.5, 0.6) is 0 Å². The fraction of sp³-hybridized carbons (Fsp3) is 0.692. The highest BCUT2D eigenvalue weighted by atomic mass is 16.4. The summed E-state index contributed by atoms with van der Waals surface area (Å²) in [7, 11) is 0. The minimum Gasteiger partial charge on any atom is -0.480 e. The Bertz CT molecular complexity index is 306. The molecule has 1 aliphatic rings. The number of hydrogen-bond acceptors (Lipinski definition) is 2. The Kier molecular flexibility index (Phi) is 5.19. The molecule has 1 aliphatic carbocycles. The number of amides is 1. The van der Waals surface area contributed by atoms with Gasteiger partial charge in [-0.1, -0.05) is 24.8 Å². The number of hydrogen-bond donors (Lipinski definition) is 2. The Balaban J connectivity index is 2.50. The van der Waals surface area contributed by atoms with Gasteiger partial charge in [0.1, 0.15) is 6.04 Å². The Morgan fingerprint density at radius 3 is 2.41 bits per heavy atom. The molecule has 0 aromatic carbocycles. The van der Waals surface area contributed by atoms with E-state index in [9.17, 15) is 9.59 Å². The van der Waals surface area contributed by atoms with Crippen LogP contribution in [-0.2, 0) is 9.59 Å². The van der Waals surface area contributed by atoms with Crippen molar-refractivity contribution < 1.29 is 14.7 Å². The van der Waals surface area contributed by atoms with E-state index in [4.69, 9.17) is 5.11 Å². The summed E-state index contributed by atoms with van der Waals surface area (Å²) in [5.74, 6) is -1.11. The van der Waals surface area contributed by atoms with Crippen LogP contribution in [0, 0.1) is 5.92 Å². The van der Waals surface area contributed by atoms with Crippen molar-refractivity contribution in [1.29, 1.82) is 0 Å². The Labute approximate surface area is 102 Å². The van der Waals surface area contributed by atoms with Crippen molar-refractivity contribution >= 4 is 11.9 Å². The van der Waals surface area contributed by atoms with Crippen LogP contribution < -0.4 is 5.32 Å². The number of aliphatic carboxylic acids is 1. The van der Waals surface area contributed by atoms with Gasteiger partial charge in [0, 0.05) is 5.92 Å². The molecule has 96 valence electrons. The molecular weight excluding hydrogens is 218 g/mol. The van der Waals surface area contributed by atoms with Crippen LogP contribution >= 0.6 is 0 Å². The first-order chi connectivity index (χ1) is 8.00. The number of carboxylic acid groups (broad SMARTS) is 1. The average molecular weight is 239 g/mol. The molecule has 0 aromatic rings. The number of carbonyl (C=O) groups excluding carboxylic acids is 1. The van der Waals surface area contributed by atoms with E-state index in [1.54, 1.807) is 6.92 Å². The van der Waals surface area contributed by atoms with Crippen LogP contribution in [0.25, 0.3) is 0 Å². The molecule has 0 aliphatic heterocycles. The molecule has 0 heterocycles. The van der Waals surface area contributed by atoms with Crippen molar-refractivity contribution in [1.82, 2.24) is 5.32 Å². The summed E-state index contributed by atoms with van der Waals surface area (Å²) in [6, 6.07) is -0.832. The fourth-order valence-corrected chi connectivity index (χ4v) is 2.20. The Hall–Kier alpha value is -1.32. The van der Waals surface area contributed by atoms with Crippen molar-refractivity contribution in [2.45, 2.75) is 51.5 Å². The highest BCUT2D eigenvalue weighted by Crippen LogP contribution is 2.23. The highest BCUT2D eigenvalue weighted by molar-refractivity contribution is 5.85. The molecule has 1 saturated carbocycles. The van der Waals surface area contributed by atoms with Gasteiger partial charge in [0.15, 0.2) is 0 Å². The van der Waals surface area contributed by atoms with Gasteiger partial charge < -0.3 is 10.4 Å². The van der Waals surface area contributed by atoms with Crippen molar-refractivity contribution in [2.24, 2.45) is 5.92 Å². The van der Waals surface area contributed by atoms with E-state index in [2.05, 4.69) is 11.9 Å². The Morgan fingerprint density at radius 2 is 1.94 bits per heavy atom. The minimum atomic E-state index is -0.989. The van der Waals surface area contributed by atoms with Gasteiger partial charge in [-0.05, 0) is 26.2 Å². The molecule has 0 radical (unpaired) electrons. The van der Waals surface area contributed by atoms with Crippen LogP contribution in [0.1, 0.15) is 45.4 Å². The van der Waals surface area contributed by atoms with Gasteiger partial charge in [-0.15, -0.1) is 6.58 Å². The van der Waals surface area contributed by atoms with Crippen LogP contribution in [-0.4, -0.2) is 23.0 Å². The lowest BCUT2D eigenvalue weighted by atomic mass is 9.88. The largest absolute Gasteiger partial charge is 0.480 e. The molecular formula is C13H21NO3. The van der Waals surface area contributed by atoms with E-state index in [0.717, 1.165) is 31.3 Å². The lowest BCUT2D eigenvalue weighted by Gasteiger charge is -2.23. The summed E-state index contributed by atoms with van der Waals surface area (Å²) >= 11 is 0. The smallest absolute Gasteiger partial charge is 0.326 e. The molecule has 4 nitrogen and oxygen atoms in total. The summed E-state index contributed by atoms with van der Waals surface area (Å²) in [5.41, 5.74) is 0.765. The predicted molar refractivity (Wildman–Crippen MR) is 65.6 cm³/mol. The SMILES string of the molecule is C=C(C)CC(NC(=O)C1CCCCC1)C(=O)O. The van der Waals surface area contributed by atoms with E-state index in [1.807, 2.05) is 0 Å². The molecule has 1 amide bonds. The zero-order valence-corrected chi connectivity index (χ0v) is 10.4. The third-order valence-electron chi connectivity index (χ3n) is 3.14. The maximum atomic E-state index is 11.9. The molecule has 0 aromatic heterocycles. The van der Waals surface area contributed by atoms with Crippen LogP contribution in [0.15, 0.2) is 12.2 Å². The quantitative estimate of drug-likeness (QED) is 0.722. The van der Waals surface area contributed by atoms with E-state index >= 15 is 0 Å². The second-order valence-electron chi connectivity index (χ2n) is 4.90. The maximum absolute atomic E-state index is 11.9. The van der Waals surface area contributed by atoms with Crippen molar-refractivity contribution in [2.75, 3.05) is 0 Å². The van der Waals surface area contributed by atoms with E-state index in [-0.39, 0.29) is 11.8 Å². The van der Waals surface area contributed by atoms with Crippen molar-refractivity contribution in [3.05, 3.63) is 12.2 Å².